The second kappa shape index (κ2) is 6.52. The highest BCUT2D eigenvalue weighted by molar-refractivity contribution is 6.34. The summed E-state index contributed by atoms with van der Waals surface area (Å²) in [6.07, 6.45) is 0.692. The zero-order valence-electron chi connectivity index (χ0n) is 11.8. The van der Waals surface area contributed by atoms with E-state index >= 15 is 0 Å². The number of hydrogen-bond donors (Lipinski definition) is 2. The summed E-state index contributed by atoms with van der Waals surface area (Å²) in [6.45, 7) is 6.19. The zero-order chi connectivity index (χ0) is 14.8. The Hall–Kier alpha value is -0.480. The van der Waals surface area contributed by atoms with E-state index in [0.29, 0.717) is 27.8 Å². The molecular formula is C15H21Cl2NO2. The van der Waals surface area contributed by atoms with E-state index in [2.05, 4.69) is 19.2 Å². The molecule has 112 valence electrons. The van der Waals surface area contributed by atoms with Crippen molar-refractivity contribution in [3.05, 3.63) is 28.2 Å². The molecule has 0 amide bonds. The second-order valence-corrected chi connectivity index (χ2v) is 6.93. The maximum absolute atomic E-state index is 9.87. The molecule has 1 aliphatic rings. The summed E-state index contributed by atoms with van der Waals surface area (Å²) < 4.78 is 5.49. The van der Waals surface area contributed by atoms with Gasteiger partial charge in [0.2, 0.25) is 0 Å². The van der Waals surface area contributed by atoms with Gasteiger partial charge in [0.05, 0.1) is 5.02 Å². The molecule has 1 fully saturated rings. The highest BCUT2D eigenvalue weighted by Gasteiger charge is 2.44. The molecule has 3 nitrogen and oxygen atoms in total. The Bertz CT molecular complexity index is 465. The fourth-order valence-corrected chi connectivity index (χ4v) is 2.52. The smallest absolute Gasteiger partial charge is 0.139 e. The van der Waals surface area contributed by atoms with Gasteiger partial charge in [0, 0.05) is 17.6 Å². The van der Waals surface area contributed by atoms with E-state index in [9.17, 15) is 5.11 Å². The quantitative estimate of drug-likeness (QED) is 0.810. The fraction of sp³-hybridized carbons (Fsp3) is 0.600. The topological polar surface area (TPSA) is 41.5 Å². The molecule has 0 saturated heterocycles. The summed E-state index contributed by atoms with van der Waals surface area (Å²) in [7, 11) is 0. The van der Waals surface area contributed by atoms with E-state index in [-0.39, 0.29) is 6.61 Å². The number of ether oxygens (including phenoxy) is 1. The van der Waals surface area contributed by atoms with Crippen molar-refractivity contribution in [2.24, 2.45) is 11.3 Å². The van der Waals surface area contributed by atoms with Crippen molar-refractivity contribution in [1.29, 1.82) is 0 Å². The first kappa shape index (κ1) is 15.9. The molecule has 0 aliphatic heterocycles. The Morgan fingerprint density at radius 3 is 2.80 bits per heavy atom. The third-order valence-corrected chi connectivity index (χ3v) is 4.36. The van der Waals surface area contributed by atoms with Crippen LogP contribution in [-0.4, -0.2) is 30.9 Å². The van der Waals surface area contributed by atoms with Crippen LogP contribution in [0.1, 0.15) is 20.3 Å². The normalized spacial score (nSPS) is 21.6. The minimum absolute atomic E-state index is 0.196. The van der Waals surface area contributed by atoms with Crippen molar-refractivity contribution in [3.8, 4) is 5.75 Å². The lowest BCUT2D eigenvalue weighted by Gasteiger charge is -2.14. The molecule has 0 aromatic heterocycles. The van der Waals surface area contributed by atoms with E-state index in [4.69, 9.17) is 27.9 Å². The Kier molecular flexibility index (Phi) is 5.19. The molecule has 2 N–H and O–H groups in total. The van der Waals surface area contributed by atoms with Crippen molar-refractivity contribution >= 4 is 23.2 Å². The number of aliphatic hydroxyl groups excluding tert-OH is 1. The van der Waals surface area contributed by atoms with Crippen LogP contribution < -0.4 is 10.1 Å². The van der Waals surface area contributed by atoms with Gasteiger partial charge in [-0.15, -0.1) is 0 Å². The van der Waals surface area contributed by atoms with E-state index in [1.165, 1.54) is 6.42 Å². The van der Waals surface area contributed by atoms with Gasteiger partial charge in [-0.25, -0.2) is 0 Å². The average molecular weight is 318 g/mol. The van der Waals surface area contributed by atoms with E-state index in [1.54, 1.807) is 18.2 Å². The highest BCUT2D eigenvalue weighted by atomic mass is 35.5. The average Bonchev–Trinajstić information content (AvgIpc) is 2.98. The monoisotopic (exact) mass is 317 g/mol. The van der Waals surface area contributed by atoms with Crippen molar-refractivity contribution in [2.45, 2.75) is 26.4 Å². The molecule has 2 atom stereocenters. The molecule has 1 aromatic rings. The van der Waals surface area contributed by atoms with E-state index in [0.717, 1.165) is 12.5 Å². The van der Waals surface area contributed by atoms with Gasteiger partial charge in [0.1, 0.15) is 18.5 Å². The van der Waals surface area contributed by atoms with Crippen LogP contribution in [-0.2, 0) is 0 Å². The van der Waals surface area contributed by atoms with Crippen molar-refractivity contribution < 1.29 is 9.84 Å². The minimum Gasteiger partial charge on any atom is -0.489 e. The molecule has 1 aromatic carbocycles. The van der Waals surface area contributed by atoms with Gasteiger partial charge in [-0.3, -0.25) is 0 Å². The SMILES string of the molecule is CC1(C)CC1CNCC(O)COc1cc(Cl)ccc1Cl. The molecule has 5 heteroatoms. The van der Waals surface area contributed by atoms with Crippen LogP contribution in [0, 0.1) is 11.3 Å². The third kappa shape index (κ3) is 4.52. The van der Waals surface area contributed by atoms with Gasteiger partial charge in [0.25, 0.3) is 0 Å². The Balaban J connectivity index is 1.67. The lowest BCUT2D eigenvalue weighted by molar-refractivity contribution is 0.106. The van der Waals surface area contributed by atoms with E-state index < -0.39 is 6.10 Å². The number of hydrogen-bond acceptors (Lipinski definition) is 3. The zero-order valence-corrected chi connectivity index (χ0v) is 13.3. The maximum Gasteiger partial charge on any atom is 0.139 e. The van der Waals surface area contributed by atoms with Gasteiger partial charge >= 0.3 is 0 Å². The Morgan fingerprint density at radius 1 is 1.45 bits per heavy atom. The standard InChI is InChI=1S/C15H21Cl2NO2/c1-15(2)6-10(15)7-18-8-12(19)9-20-14-5-11(16)3-4-13(14)17/h3-5,10,12,18-19H,6-9H2,1-2H3. The van der Waals surface area contributed by atoms with Gasteiger partial charge in [-0.05, 0) is 36.4 Å². The fourth-order valence-electron chi connectivity index (χ4n) is 2.18. The summed E-state index contributed by atoms with van der Waals surface area (Å²) in [5.74, 6) is 1.22. The minimum atomic E-state index is -0.563. The molecule has 0 bridgehead atoms. The molecular weight excluding hydrogens is 297 g/mol. The summed E-state index contributed by atoms with van der Waals surface area (Å²) in [5, 5.41) is 14.2. The van der Waals surface area contributed by atoms with Crippen molar-refractivity contribution in [2.75, 3.05) is 19.7 Å². The first-order valence-electron chi connectivity index (χ1n) is 6.85. The van der Waals surface area contributed by atoms with Crippen LogP contribution in [0.3, 0.4) is 0 Å². The molecule has 2 rings (SSSR count). The second-order valence-electron chi connectivity index (χ2n) is 6.09. The van der Waals surface area contributed by atoms with Crippen molar-refractivity contribution in [1.82, 2.24) is 5.32 Å². The molecule has 0 radical (unpaired) electrons. The molecule has 1 aliphatic carbocycles. The molecule has 0 spiro atoms. The van der Waals surface area contributed by atoms with Crippen LogP contribution in [0.2, 0.25) is 10.0 Å². The molecule has 20 heavy (non-hydrogen) atoms. The van der Waals surface area contributed by atoms with Gasteiger partial charge in [-0.2, -0.15) is 0 Å². The maximum atomic E-state index is 9.87. The molecule has 1 saturated carbocycles. The van der Waals surface area contributed by atoms with Crippen LogP contribution in [0.5, 0.6) is 5.75 Å². The molecule has 2 unspecified atom stereocenters. The van der Waals surface area contributed by atoms with Gasteiger partial charge in [-0.1, -0.05) is 37.0 Å². The van der Waals surface area contributed by atoms with Gasteiger partial charge in [0.15, 0.2) is 0 Å². The van der Waals surface area contributed by atoms with E-state index in [1.807, 2.05) is 0 Å². The summed E-state index contributed by atoms with van der Waals surface area (Å²) >= 11 is 11.9. The number of benzene rings is 1. The predicted molar refractivity (Wildman–Crippen MR) is 82.7 cm³/mol. The predicted octanol–water partition coefficient (Wildman–Crippen LogP) is 3.37. The summed E-state index contributed by atoms with van der Waals surface area (Å²) in [4.78, 5) is 0. The number of nitrogens with one attached hydrogen (secondary N) is 1. The van der Waals surface area contributed by atoms with Gasteiger partial charge < -0.3 is 15.2 Å². The first-order valence-corrected chi connectivity index (χ1v) is 7.61. The van der Waals surface area contributed by atoms with Crippen LogP contribution in [0.4, 0.5) is 0 Å². The third-order valence-electron chi connectivity index (χ3n) is 3.81. The lowest BCUT2D eigenvalue weighted by Crippen LogP contribution is -2.33. The lowest BCUT2D eigenvalue weighted by atomic mass is 10.1. The highest BCUT2D eigenvalue weighted by Crippen LogP contribution is 2.50. The number of halogens is 2. The van der Waals surface area contributed by atoms with Crippen LogP contribution in [0.25, 0.3) is 0 Å². The largest absolute Gasteiger partial charge is 0.489 e. The first-order chi connectivity index (χ1) is 9.38. The Morgan fingerprint density at radius 2 is 2.15 bits per heavy atom. The van der Waals surface area contributed by atoms with Crippen molar-refractivity contribution in [3.63, 3.8) is 0 Å². The summed E-state index contributed by atoms with van der Waals surface area (Å²) in [6, 6.07) is 5.03. The van der Waals surface area contributed by atoms with Crippen LogP contribution >= 0.6 is 23.2 Å². The number of rotatable bonds is 7. The Labute approximate surface area is 130 Å². The van der Waals surface area contributed by atoms with Crippen LogP contribution in [0.15, 0.2) is 18.2 Å². The summed E-state index contributed by atoms with van der Waals surface area (Å²) in [5.41, 5.74) is 0.461. The molecule has 0 heterocycles. The number of aliphatic hydroxyl groups is 1.